The number of hydrogen-bond acceptors (Lipinski definition) is 2. The first-order valence-electron chi connectivity index (χ1n) is 4.91. The number of hydrogen-bond donors (Lipinski definition) is 0. The first-order valence-corrected chi connectivity index (χ1v) is 4.91. The normalized spacial score (nSPS) is 15.4. The Morgan fingerprint density at radius 1 is 1.50 bits per heavy atom. The molecule has 80 valence electrons. The van der Waals surface area contributed by atoms with Crippen LogP contribution in [-0.4, -0.2) is 17.6 Å². The third-order valence-corrected chi connectivity index (χ3v) is 1.97. The van der Waals surface area contributed by atoms with Crippen molar-refractivity contribution in [3.05, 3.63) is 11.4 Å². The maximum Gasteiger partial charge on any atom is 0.391 e. The van der Waals surface area contributed by atoms with E-state index in [0.717, 1.165) is 6.42 Å². The summed E-state index contributed by atoms with van der Waals surface area (Å²) in [5.41, 5.74) is -0.506. The van der Waals surface area contributed by atoms with Crippen molar-refractivity contribution in [1.82, 2.24) is 0 Å². The third-order valence-electron chi connectivity index (χ3n) is 1.97. The first-order chi connectivity index (χ1) is 6.31. The molecule has 0 bridgehead atoms. The van der Waals surface area contributed by atoms with Crippen LogP contribution in [0.2, 0.25) is 0 Å². The van der Waals surface area contributed by atoms with Crippen molar-refractivity contribution in [2.75, 3.05) is 0 Å². The third kappa shape index (κ3) is 4.27. The monoisotopic (exact) mass is 197 g/mol. The van der Waals surface area contributed by atoms with Crippen LogP contribution in [-0.2, 0) is 9.53 Å². The van der Waals surface area contributed by atoms with Crippen LogP contribution in [0.15, 0.2) is 0 Å². The van der Waals surface area contributed by atoms with Crippen molar-refractivity contribution in [1.29, 1.82) is 0 Å². The summed E-state index contributed by atoms with van der Waals surface area (Å²) in [5.74, 6) is -0.343. The lowest BCUT2D eigenvalue weighted by atomic mass is 10.00. The fourth-order valence-electron chi connectivity index (χ4n) is 0.998. The number of carbonyl (C=O) groups is 1. The van der Waals surface area contributed by atoms with Crippen molar-refractivity contribution >= 4 is 5.97 Å². The predicted octanol–water partition coefficient (Wildman–Crippen LogP) is 2.66. The van der Waals surface area contributed by atoms with Gasteiger partial charge >= 0.3 is 12.0 Å². The predicted molar refractivity (Wildman–Crippen MR) is 55.7 cm³/mol. The van der Waals surface area contributed by atoms with Crippen molar-refractivity contribution in [2.24, 2.45) is 5.92 Å². The SMILES string of the molecule is [C-]#[N+]C(C(=O)OC(C)(C)C)C(C)CC. The Kier molecular flexibility index (Phi) is 4.62. The fraction of sp³-hybridized carbons (Fsp3) is 0.818. The van der Waals surface area contributed by atoms with Gasteiger partial charge in [-0.15, -0.1) is 0 Å². The van der Waals surface area contributed by atoms with E-state index < -0.39 is 17.6 Å². The number of esters is 1. The van der Waals surface area contributed by atoms with Gasteiger partial charge in [-0.2, -0.15) is 0 Å². The van der Waals surface area contributed by atoms with Gasteiger partial charge in [0.2, 0.25) is 0 Å². The van der Waals surface area contributed by atoms with Gasteiger partial charge in [-0.3, -0.25) is 0 Å². The summed E-state index contributed by atoms with van der Waals surface area (Å²) in [6, 6.07) is -0.653. The van der Waals surface area contributed by atoms with E-state index in [0.29, 0.717) is 0 Å². The molecule has 0 amide bonds. The molecule has 14 heavy (non-hydrogen) atoms. The number of ether oxygens (including phenoxy) is 1. The molecule has 0 aliphatic carbocycles. The van der Waals surface area contributed by atoms with Gasteiger partial charge in [-0.1, -0.05) is 13.8 Å². The van der Waals surface area contributed by atoms with Crippen molar-refractivity contribution in [2.45, 2.75) is 52.7 Å². The van der Waals surface area contributed by atoms with Gasteiger partial charge in [0.15, 0.2) is 0 Å². The van der Waals surface area contributed by atoms with Gasteiger partial charge in [0, 0.05) is 5.92 Å². The van der Waals surface area contributed by atoms with Gasteiger partial charge in [0.1, 0.15) is 5.60 Å². The fourth-order valence-corrected chi connectivity index (χ4v) is 0.998. The molecular weight excluding hydrogens is 178 g/mol. The summed E-state index contributed by atoms with van der Waals surface area (Å²) >= 11 is 0. The second-order valence-corrected chi connectivity index (χ2v) is 4.49. The van der Waals surface area contributed by atoms with Crippen LogP contribution in [0.1, 0.15) is 41.0 Å². The molecule has 2 atom stereocenters. The van der Waals surface area contributed by atoms with E-state index in [4.69, 9.17) is 11.3 Å². The van der Waals surface area contributed by atoms with Crippen LogP contribution in [0.25, 0.3) is 4.85 Å². The molecule has 0 N–H and O–H groups in total. The Balaban J connectivity index is 4.43. The lowest BCUT2D eigenvalue weighted by Crippen LogP contribution is -2.33. The number of nitrogens with zero attached hydrogens (tertiary/aromatic N) is 1. The minimum atomic E-state index is -0.653. The molecule has 0 fully saturated rings. The lowest BCUT2D eigenvalue weighted by Gasteiger charge is -2.21. The number of rotatable bonds is 3. The zero-order chi connectivity index (χ0) is 11.4. The molecule has 0 aromatic rings. The Bertz CT molecular complexity index is 235. The highest BCUT2D eigenvalue weighted by atomic mass is 16.6. The van der Waals surface area contributed by atoms with E-state index in [-0.39, 0.29) is 5.92 Å². The Hall–Kier alpha value is -1.04. The quantitative estimate of drug-likeness (QED) is 0.514. The Morgan fingerprint density at radius 2 is 2.00 bits per heavy atom. The Labute approximate surface area is 86.3 Å². The Morgan fingerprint density at radius 3 is 2.29 bits per heavy atom. The molecule has 2 unspecified atom stereocenters. The maximum atomic E-state index is 11.6. The van der Waals surface area contributed by atoms with E-state index in [9.17, 15) is 4.79 Å². The maximum absolute atomic E-state index is 11.6. The van der Waals surface area contributed by atoms with Gasteiger partial charge in [-0.05, 0) is 27.2 Å². The smallest absolute Gasteiger partial charge is 0.391 e. The molecule has 0 spiro atoms. The summed E-state index contributed by atoms with van der Waals surface area (Å²) in [6.07, 6.45) is 0.812. The molecule has 3 nitrogen and oxygen atoms in total. The average molecular weight is 197 g/mol. The minimum Gasteiger partial charge on any atom is -0.454 e. The van der Waals surface area contributed by atoms with Crippen LogP contribution in [0.5, 0.6) is 0 Å². The molecule has 0 aliphatic heterocycles. The van der Waals surface area contributed by atoms with Crippen molar-refractivity contribution in [3.63, 3.8) is 0 Å². The lowest BCUT2D eigenvalue weighted by molar-refractivity contribution is -0.156. The molecule has 0 saturated carbocycles. The van der Waals surface area contributed by atoms with E-state index in [1.54, 1.807) is 0 Å². The molecule has 0 aliphatic rings. The second-order valence-electron chi connectivity index (χ2n) is 4.49. The summed E-state index contributed by atoms with van der Waals surface area (Å²) < 4.78 is 5.16. The summed E-state index contributed by atoms with van der Waals surface area (Å²) in [7, 11) is 0. The van der Waals surface area contributed by atoms with Crippen LogP contribution in [0, 0.1) is 12.5 Å². The molecule has 0 saturated heterocycles. The van der Waals surface area contributed by atoms with Gasteiger partial charge in [0.05, 0.1) is 0 Å². The van der Waals surface area contributed by atoms with Crippen LogP contribution >= 0.6 is 0 Å². The van der Waals surface area contributed by atoms with Gasteiger partial charge < -0.3 is 9.58 Å². The van der Waals surface area contributed by atoms with E-state index in [1.807, 2.05) is 34.6 Å². The van der Waals surface area contributed by atoms with Crippen LogP contribution < -0.4 is 0 Å². The molecule has 0 rings (SSSR count). The number of carbonyl (C=O) groups excluding carboxylic acids is 1. The zero-order valence-electron chi connectivity index (χ0n) is 9.63. The summed E-state index contributed by atoms with van der Waals surface area (Å²) in [4.78, 5) is 14.9. The molecule has 0 aromatic carbocycles. The van der Waals surface area contributed by atoms with Gasteiger partial charge in [-0.25, -0.2) is 11.4 Å². The zero-order valence-corrected chi connectivity index (χ0v) is 9.63. The second kappa shape index (κ2) is 4.99. The standard InChI is InChI=1S/C11H19NO2/c1-7-8(2)9(12-6)10(13)14-11(3,4)5/h8-9H,7H2,1-5H3. The minimum absolute atomic E-state index is 0.0577. The van der Waals surface area contributed by atoms with Crippen molar-refractivity contribution in [3.8, 4) is 0 Å². The summed E-state index contributed by atoms with van der Waals surface area (Å²) in [5, 5.41) is 0. The highest BCUT2D eigenvalue weighted by Crippen LogP contribution is 2.16. The largest absolute Gasteiger partial charge is 0.454 e. The van der Waals surface area contributed by atoms with Crippen LogP contribution in [0.3, 0.4) is 0 Å². The molecule has 0 heterocycles. The van der Waals surface area contributed by atoms with E-state index >= 15 is 0 Å². The summed E-state index contributed by atoms with van der Waals surface area (Å²) in [6.45, 7) is 16.2. The molecular formula is C11H19NO2. The molecule has 3 heteroatoms. The van der Waals surface area contributed by atoms with Gasteiger partial charge in [0.25, 0.3) is 0 Å². The van der Waals surface area contributed by atoms with E-state index in [2.05, 4.69) is 4.85 Å². The highest BCUT2D eigenvalue weighted by molar-refractivity contribution is 5.78. The molecule has 0 aromatic heterocycles. The topological polar surface area (TPSA) is 30.7 Å². The van der Waals surface area contributed by atoms with Crippen molar-refractivity contribution < 1.29 is 9.53 Å². The van der Waals surface area contributed by atoms with Crippen LogP contribution in [0.4, 0.5) is 0 Å². The van der Waals surface area contributed by atoms with E-state index in [1.165, 1.54) is 0 Å². The highest BCUT2D eigenvalue weighted by Gasteiger charge is 2.33. The molecule has 0 radical (unpaired) electrons. The first kappa shape index (κ1) is 13.0. The average Bonchev–Trinajstić information content (AvgIpc) is 2.01.